The molecule has 0 radical (unpaired) electrons. The summed E-state index contributed by atoms with van der Waals surface area (Å²) in [6, 6.07) is 8.06. The summed E-state index contributed by atoms with van der Waals surface area (Å²) in [7, 11) is 0. The molecule has 0 saturated heterocycles. The van der Waals surface area contributed by atoms with Crippen LogP contribution < -0.4 is 5.32 Å². The summed E-state index contributed by atoms with van der Waals surface area (Å²) in [5.74, 6) is 0.464. The van der Waals surface area contributed by atoms with Crippen molar-refractivity contribution < 1.29 is 4.79 Å². The highest BCUT2D eigenvalue weighted by Gasteiger charge is 2.12. The van der Waals surface area contributed by atoms with Crippen molar-refractivity contribution in [3.05, 3.63) is 46.9 Å². The molecule has 0 unspecified atom stereocenters. The van der Waals surface area contributed by atoms with Crippen molar-refractivity contribution in [2.45, 2.75) is 40.8 Å². The predicted octanol–water partition coefficient (Wildman–Crippen LogP) is 4.40. The lowest BCUT2D eigenvalue weighted by Gasteiger charge is -2.10. The van der Waals surface area contributed by atoms with Crippen molar-refractivity contribution in [3.63, 3.8) is 0 Å². The Labute approximate surface area is 152 Å². The largest absolute Gasteiger partial charge is 0.347 e. The number of fused-ring (bicyclic) bond motifs is 1. The summed E-state index contributed by atoms with van der Waals surface area (Å²) in [6.07, 6.45) is 2.09. The Morgan fingerprint density at radius 2 is 2.04 bits per heavy atom. The summed E-state index contributed by atoms with van der Waals surface area (Å²) in [4.78, 5) is 12.3. The number of hydrogen-bond donors (Lipinski definition) is 1. The Hall–Kier alpha value is -2.27. The molecule has 1 N–H and O–H groups in total. The van der Waals surface area contributed by atoms with Crippen molar-refractivity contribution in [3.8, 4) is 0 Å². The van der Waals surface area contributed by atoms with E-state index in [0.717, 1.165) is 29.0 Å². The fourth-order valence-corrected chi connectivity index (χ4v) is 3.13. The average Bonchev–Trinajstić information content (AvgIpc) is 3.03. The van der Waals surface area contributed by atoms with Crippen molar-refractivity contribution in [1.29, 1.82) is 0 Å². The zero-order chi connectivity index (χ0) is 18.1. The zero-order valence-corrected chi connectivity index (χ0v) is 15.8. The first-order chi connectivity index (χ1) is 11.8. The van der Waals surface area contributed by atoms with E-state index < -0.39 is 0 Å². The molecule has 0 aliphatic heterocycles. The van der Waals surface area contributed by atoms with Crippen LogP contribution in [0.4, 0.5) is 5.69 Å². The van der Waals surface area contributed by atoms with Gasteiger partial charge in [0, 0.05) is 29.3 Å². The number of aryl methyl sites for hydroxylation is 1. The molecule has 0 atom stereocenters. The van der Waals surface area contributed by atoms with E-state index in [4.69, 9.17) is 11.6 Å². The van der Waals surface area contributed by atoms with Crippen molar-refractivity contribution in [2.24, 2.45) is 5.92 Å². The summed E-state index contributed by atoms with van der Waals surface area (Å²) in [5.41, 5.74) is 3.50. The SMILES string of the molecule is Cc1nn(CC(=O)Nc2ccc3c(ccn3CC(C)C)c2)c(C)c1Cl. The quantitative estimate of drug-likeness (QED) is 0.734. The van der Waals surface area contributed by atoms with Crippen LogP contribution in [0.25, 0.3) is 10.9 Å². The number of nitrogens with zero attached hydrogens (tertiary/aromatic N) is 3. The molecule has 5 nitrogen and oxygen atoms in total. The van der Waals surface area contributed by atoms with Gasteiger partial charge in [0.1, 0.15) is 6.54 Å². The van der Waals surface area contributed by atoms with Gasteiger partial charge in [0.05, 0.1) is 16.4 Å². The van der Waals surface area contributed by atoms with Crippen LogP contribution in [0.2, 0.25) is 5.02 Å². The van der Waals surface area contributed by atoms with E-state index in [1.807, 2.05) is 32.0 Å². The summed E-state index contributed by atoms with van der Waals surface area (Å²) in [6.45, 7) is 9.22. The fourth-order valence-electron chi connectivity index (χ4n) is 3.00. The van der Waals surface area contributed by atoms with Crippen LogP contribution in [0.5, 0.6) is 0 Å². The number of hydrogen-bond acceptors (Lipinski definition) is 2. The zero-order valence-electron chi connectivity index (χ0n) is 15.0. The number of rotatable bonds is 5. The maximum atomic E-state index is 12.3. The van der Waals surface area contributed by atoms with E-state index in [2.05, 4.69) is 41.1 Å². The Morgan fingerprint density at radius 1 is 1.28 bits per heavy atom. The Morgan fingerprint density at radius 3 is 2.68 bits per heavy atom. The molecule has 1 amide bonds. The van der Waals surface area contributed by atoms with Gasteiger partial charge in [-0.3, -0.25) is 9.48 Å². The predicted molar refractivity (Wildman–Crippen MR) is 102 cm³/mol. The number of carbonyl (C=O) groups is 1. The number of nitrogens with one attached hydrogen (secondary N) is 1. The highest BCUT2D eigenvalue weighted by molar-refractivity contribution is 6.31. The molecule has 0 saturated carbocycles. The lowest BCUT2D eigenvalue weighted by atomic mass is 10.2. The van der Waals surface area contributed by atoms with E-state index >= 15 is 0 Å². The van der Waals surface area contributed by atoms with E-state index in [9.17, 15) is 4.79 Å². The topological polar surface area (TPSA) is 51.9 Å². The van der Waals surface area contributed by atoms with Gasteiger partial charge in [-0.05, 0) is 44.0 Å². The minimum Gasteiger partial charge on any atom is -0.347 e. The lowest BCUT2D eigenvalue weighted by molar-refractivity contribution is -0.116. The third kappa shape index (κ3) is 3.71. The number of aromatic nitrogens is 3. The van der Waals surface area contributed by atoms with Crippen molar-refractivity contribution >= 4 is 34.1 Å². The van der Waals surface area contributed by atoms with Gasteiger partial charge in [0.2, 0.25) is 5.91 Å². The number of anilines is 1. The van der Waals surface area contributed by atoms with Crippen LogP contribution >= 0.6 is 11.6 Å². The summed E-state index contributed by atoms with van der Waals surface area (Å²) in [5, 5.41) is 8.96. The summed E-state index contributed by atoms with van der Waals surface area (Å²) >= 11 is 6.13. The molecule has 0 bridgehead atoms. The van der Waals surface area contributed by atoms with Crippen LogP contribution in [0.15, 0.2) is 30.5 Å². The van der Waals surface area contributed by atoms with Crippen LogP contribution in [-0.2, 0) is 17.9 Å². The third-order valence-electron chi connectivity index (χ3n) is 4.20. The molecule has 25 heavy (non-hydrogen) atoms. The number of carbonyl (C=O) groups excluding carboxylic acids is 1. The van der Waals surface area contributed by atoms with Gasteiger partial charge in [-0.1, -0.05) is 25.4 Å². The molecular formula is C19H23ClN4O. The van der Waals surface area contributed by atoms with Gasteiger partial charge in [-0.15, -0.1) is 0 Å². The monoisotopic (exact) mass is 358 g/mol. The Balaban J connectivity index is 1.74. The first-order valence-corrected chi connectivity index (χ1v) is 8.81. The smallest absolute Gasteiger partial charge is 0.246 e. The summed E-state index contributed by atoms with van der Waals surface area (Å²) < 4.78 is 3.87. The minimum atomic E-state index is -0.122. The standard InChI is InChI=1S/C19H23ClN4O/c1-12(2)10-23-8-7-15-9-16(5-6-17(15)23)21-18(25)11-24-14(4)19(20)13(3)22-24/h5-9,12H,10-11H2,1-4H3,(H,21,25). The van der Waals surface area contributed by atoms with Crippen LogP contribution in [0, 0.1) is 19.8 Å². The molecule has 6 heteroatoms. The molecule has 0 aliphatic rings. The number of halogens is 1. The van der Waals surface area contributed by atoms with Gasteiger partial charge in [-0.25, -0.2) is 0 Å². The first kappa shape index (κ1) is 17.5. The second kappa shape index (κ2) is 6.92. The lowest BCUT2D eigenvalue weighted by Crippen LogP contribution is -2.20. The van der Waals surface area contributed by atoms with Gasteiger partial charge in [0.15, 0.2) is 0 Å². The molecule has 0 spiro atoms. The Kier molecular flexibility index (Phi) is 4.86. The van der Waals surface area contributed by atoms with Gasteiger partial charge in [-0.2, -0.15) is 5.10 Å². The molecule has 0 aliphatic carbocycles. The maximum Gasteiger partial charge on any atom is 0.246 e. The second-order valence-electron chi connectivity index (χ2n) is 6.83. The molecule has 132 valence electrons. The molecule has 1 aromatic carbocycles. The van der Waals surface area contributed by atoms with Crippen LogP contribution in [-0.4, -0.2) is 20.3 Å². The highest BCUT2D eigenvalue weighted by Crippen LogP contribution is 2.22. The molecule has 2 heterocycles. The highest BCUT2D eigenvalue weighted by atomic mass is 35.5. The molecule has 3 rings (SSSR count). The van der Waals surface area contributed by atoms with E-state index in [1.54, 1.807) is 4.68 Å². The van der Waals surface area contributed by atoms with Crippen LogP contribution in [0.1, 0.15) is 25.2 Å². The van der Waals surface area contributed by atoms with Gasteiger partial charge >= 0.3 is 0 Å². The first-order valence-electron chi connectivity index (χ1n) is 8.43. The second-order valence-corrected chi connectivity index (χ2v) is 7.20. The van der Waals surface area contributed by atoms with E-state index in [-0.39, 0.29) is 12.5 Å². The third-order valence-corrected chi connectivity index (χ3v) is 4.75. The Bertz CT molecular complexity index is 923. The minimum absolute atomic E-state index is 0.122. The number of amides is 1. The van der Waals surface area contributed by atoms with Crippen LogP contribution in [0.3, 0.4) is 0 Å². The normalized spacial score (nSPS) is 11.4. The maximum absolute atomic E-state index is 12.3. The van der Waals surface area contributed by atoms with Gasteiger partial charge in [0.25, 0.3) is 0 Å². The molecule has 3 aromatic rings. The van der Waals surface area contributed by atoms with Gasteiger partial charge < -0.3 is 9.88 Å². The number of benzene rings is 1. The van der Waals surface area contributed by atoms with E-state index in [1.165, 1.54) is 5.52 Å². The fraction of sp³-hybridized carbons (Fsp3) is 0.368. The molecular weight excluding hydrogens is 336 g/mol. The van der Waals surface area contributed by atoms with Crippen molar-refractivity contribution in [1.82, 2.24) is 14.3 Å². The molecule has 2 aromatic heterocycles. The van der Waals surface area contributed by atoms with Crippen molar-refractivity contribution in [2.75, 3.05) is 5.32 Å². The average molecular weight is 359 g/mol. The van der Waals surface area contributed by atoms with E-state index in [0.29, 0.717) is 10.9 Å². The molecule has 0 fully saturated rings.